The first-order valence-electron chi connectivity index (χ1n) is 10.5. The second-order valence-corrected chi connectivity index (χ2v) is 8.28. The Kier molecular flexibility index (Phi) is 4.80. The first kappa shape index (κ1) is 20.0. The summed E-state index contributed by atoms with van der Waals surface area (Å²) in [6.45, 7) is 6.23. The van der Waals surface area contributed by atoms with Crippen molar-refractivity contribution >= 4 is 17.5 Å². The van der Waals surface area contributed by atoms with E-state index in [0.29, 0.717) is 23.3 Å². The number of aryl methyl sites for hydroxylation is 1. The molecule has 0 saturated carbocycles. The van der Waals surface area contributed by atoms with E-state index in [0.717, 1.165) is 16.7 Å². The Morgan fingerprint density at radius 1 is 1.03 bits per heavy atom. The molecule has 0 unspecified atom stereocenters. The molecule has 1 saturated heterocycles. The Balaban J connectivity index is 1.35. The van der Waals surface area contributed by atoms with Gasteiger partial charge in [0.15, 0.2) is 12.1 Å². The maximum Gasteiger partial charge on any atom is 0.263 e. The van der Waals surface area contributed by atoms with Crippen LogP contribution in [0, 0.1) is 6.92 Å². The van der Waals surface area contributed by atoms with Crippen molar-refractivity contribution in [3.05, 3.63) is 65.5 Å². The number of anilines is 1. The van der Waals surface area contributed by atoms with Gasteiger partial charge in [-0.15, -0.1) is 0 Å². The minimum atomic E-state index is -0.869. The molecular weight excluding hydrogens is 408 g/mol. The Labute approximate surface area is 184 Å². The highest BCUT2D eigenvalue weighted by Crippen LogP contribution is 2.33. The molecule has 2 atom stereocenters. The lowest BCUT2D eigenvalue weighted by molar-refractivity contribution is -0.123. The van der Waals surface area contributed by atoms with E-state index in [1.54, 1.807) is 12.1 Å². The van der Waals surface area contributed by atoms with E-state index in [4.69, 9.17) is 4.52 Å². The van der Waals surface area contributed by atoms with E-state index in [9.17, 15) is 9.59 Å². The van der Waals surface area contributed by atoms with E-state index in [1.165, 1.54) is 9.91 Å². The lowest BCUT2D eigenvalue weighted by Gasteiger charge is -2.19. The summed E-state index contributed by atoms with van der Waals surface area (Å²) in [5.74, 6) is 0.376. The van der Waals surface area contributed by atoms with Crippen molar-refractivity contribution in [2.24, 2.45) is 10.3 Å². The quantitative estimate of drug-likeness (QED) is 0.572. The van der Waals surface area contributed by atoms with E-state index < -0.39 is 12.1 Å². The van der Waals surface area contributed by atoms with Gasteiger partial charge in [0.2, 0.25) is 11.7 Å². The summed E-state index contributed by atoms with van der Waals surface area (Å²) >= 11 is 0. The van der Waals surface area contributed by atoms with Gasteiger partial charge in [-0.1, -0.05) is 60.6 Å². The lowest BCUT2D eigenvalue weighted by atomic mass is 10.0. The van der Waals surface area contributed by atoms with Crippen LogP contribution in [0.2, 0.25) is 0 Å². The molecule has 0 radical (unpaired) electrons. The number of hydrogen-bond acceptors (Lipinski definition) is 8. The summed E-state index contributed by atoms with van der Waals surface area (Å²) < 4.78 is 5.38. The number of rotatable bonds is 5. The number of benzene rings is 2. The first-order valence-corrected chi connectivity index (χ1v) is 10.5. The molecule has 2 amide bonds. The summed E-state index contributed by atoms with van der Waals surface area (Å²) in [6, 6.07) is 13.5. The topological polar surface area (TPSA) is 104 Å². The molecule has 9 nitrogen and oxygen atoms in total. The van der Waals surface area contributed by atoms with Gasteiger partial charge in [0, 0.05) is 5.56 Å². The number of nitrogens with zero attached hydrogens (tertiary/aromatic N) is 6. The van der Waals surface area contributed by atoms with Crippen LogP contribution in [0.15, 0.2) is 63.4 Å². The molecule has 32 heavy (non-hydrogen) atoms. The SMILES string of the molecule is Cc1ccccc1-c1noc(CN2N=N[C@@H]3C(=O)N(c4ccc(C(C)C)cc4)C(=O)[C@H]32)n1. The van der Waals surface area contributed by atoms with Crippen molar-refractivity contribution in [3.63, 3.8) is 0 Å². The van der Waals surface area contributed by atoms with Crippen molar-refractivity contribution in [2.45, 2.75) is 45.3 Å². The van der Waals surface area contributed by atoms with Crippen LogP contribution in [-0.4, -0.2) is 39.0 Å². The molecule has 2 aliphatic rings. The predicted octanol–water partition coefficient (Wildman–Crippen LogP) is 3.66. The Hall–Kier alpha value is -3.88. The van der Waals surface area contributed by atoms with Crippen LogP contribution in [0.3, 0.4) is 0 Å². The zero-order valence-electron chi connectivity index (χ0n) is 18.0. The van der Waals surface area contributed by atoms with E-state index in [2.05, 4.69) is 34.3 Å². The van der Waals surface area contributed by atoms with Gasteiger partial charge >= 0.3 is 0 Å². The molecule has 1 aromatic heterocycles. The van der Waals surface area contributed by atoms with Crippen LogP contribution >= 0.6 is 0 Å². The third kappa shape index (κ3) is 3.26. The maximum absolute atomic E-state index is 13.2. The van der Waals surface area contributed by atoms with Gasteiger partial charge in [-0.05, 0) is 36.1 Å². The molecule has 3 heterocycles. The van der Waals surface area contributed by atoms with Gasteiger partial charge in [-0.25, -0.2) is 4.90 Å². The number of aromatic nitrogens is 2. The zero-order valence-corrected chi connectivity index (χ0v) is 18.0. The van der Waals surface area contributed by atoms with E-state index in [-0.39, 0.29) is 18.4 Å². The molecular formula is C23H22N6O3. The molecule has 0 spiro atoms. The van der Waals surface area contributed by atoms with Crippen molar-refractivity contribution < 1.29 is 14.1 Å². The first-order chi connectivity index (χ1) is 15.4. The monoisotopic (exact) mass is 430 g/mol. The summed E-state index contributed by atoms with van der Waals surface area (Å²) in [7, 11) is 0. The number of imide groups is 1. The van der Waals surface area contributed by atoms with Crippen LogP contribution in [0.1, 0.15) is 36.8 Å². The zero-order chi connectivity index (χ0) is 22.4. The second-order valence-electron chi connectivity index (χ2n) is 8.28. The Morgan fingerprint density at radius 2 is 1.78 bits per heavy atom. The van der Waals surface area contributed by atoms with Gasteiger partial charge in [-0.3, -0.25) is 14.6 Å². The minimum Gasteiger partial charge on any atom is -0.337 e. The standard InChI is InChI=1S/C23H22N6O3/c1-13(2)15-8-10-16(11-9-15)29-22(30)19-20(23(29)31)28(27-25-19)12-18-24-21(26-32-18)17-7-5-4-6-14(17)3/h4-11,13,19-20H,12H2,1-3H3/t19-,20-/m0/s1. The molecule has 0 bridgehead atoms. The summed E-state index contributed by atoms with van der Waals surface area (Å²) in [4.78, 5) is 31.7. The minimum absolute atomic E-state index is 0.0860. The molecule has 1 fully saturated rings. The highest BCUT2D eigenvalue weighted by atomic mass is 16.5. The van der Waals surface area contributed by atoms with Gasteiger partial charge in [-0.2, -0.15) is 10.1 Å². The van der Waals surface area contributed by atoms with E-state index in [1.807, 2.05) is 43.3 Å². The van der Waals surface area contributed by atoms with Crippen molar-refractivity contribution in [1.29, 1.82) is 0 Å². The summed E-state index contributed by atoms with van der Waals surface area (Å²) in [5.41, 5.74) is 3.56. The largest absolute Gasteiger partial charge is 0.337 e. The molecule has 2 aromatic carbocycles. The fourth-order valence-electron chi connectivity index (χ4n) is 4.01. The smallest absolute Gasteiger partial charge is 0.263 e. The third-order valence-electron chi connectivity index (χ3n) is 5.83. The number of carbonyl (C=O) groups is 2. The highest BCUT2D eigenvalue weighted by molar-refractivity contribution is 6.25. The average molecular weight is 430 g/mol. The molecule has 2 aliphatic heterocycles. The van der Waals surface area contributed by atoms with Gasteiger partial charge in [0.25, 0.3) is 11.8 Å². The molecule has 0 N–H and O–H groups in total. The van der Waals surface area contributed by atoms with Gasteiger partial charge < -0.3 is 4.52 Å². The maximum atomic E-state index is 13.2. The van der Waals surface area contributed by atoms with E-state index >= 15 is 0 Å². The summed E-state index contributed by atoms with van der Waals surface area (Å²) in [6.07, 6.45) is 0. The fraction of sp³-hybridized carbons (Fsp3) is 0.304. The Morgan fingerprint density at radius 3 is 2.50 bits per heavy atom. The predicted molar refractivity (Wildman–Crippen MR) is 115 cm³/mol. The van der Waals surface area contributed by atoms with Gasteiger partial charge in [0.05, 0.1) is 5.69 Å². The van der Waals surface area contributed by atoms with Crippen molar-refractivity contribution in [3.8, 4) is 11.4 Å². The third-order valence-corrected chi connectivity index (χ3v) is 5.83. The van der Waals surface area contributed by atoms with Gasteiger partial charge in [0.1, 0.15) is 6.54 Å². The average Bonchev–Trinajstić information content (AvgIpc) is 3.47. The van der Waals surface area contributed by atoms with Crippen LogP contribution in [0.4, 0.5) is 5.69 Å². The Bertz CT molecular complexity index is 1220. The van der Waals surface area contributed by atoms with Crippen molar-refractivity contribution in [1.82, 2.24) is 15.1 Å². The van der Waals surface area contributed by atoms with Crippen LogP contribution in [0.25, 0.3) is 11.4 Å². The van der Waals surface area contributed by atoms with Crippen LogP contribution < -0.4 is 4.90 Å². The number of carbonyl (C=O) groups excluding carboxylic acids is 2. The van der Waals surface area contributed by atoms with Crippen molar-refractivity contribution in [2.75, 3.05) is 4.90 Å². The molecule has 3 aromatic rings. The molecule has 9 heteroatoms. The summed E-state index contributed by atoms with van der Waals surface area (Å²) in [5, 5.41) is 13.6. The fourth-order valence-corrected chi connectivity index (χ4v) is 4.01. The number of amides is 2. The van der Waals surface area contributed by atoms with Crippen LogP contribution in [0.5, 0.6) is 0 Å². The molecule has 5 rings (SSSR count). The normalized spacial score (nSPS) is 20.0. The lowest BCUT2D eigenvalue weighted by Crippen LogP contribution is -2.39. The number of fused-ring (bicyclic) bond motifs is 1. The second kappa shape index (κ2) is 7.67. The van der Waals surface area contributed by atoms with Crippen LogP contribution in [-0.2, 0) is 16.1 Å². The highest BCUT2D eigenvalue weighted by Gasteiger charge is 2.55. The molecule has 162 valence electrons. The number of hydrogen-bond donors (Lipinski definition) is 0. The molecule has 0 aliphatic carbocycles.